The van der Waals surface area contributed by atoms with Gasteiger partial charge in [-0.15, -0.1) is 0 Å². The lowest BCUT2D eigenvalue weighted by Gasteiger charge is -2.23. The number of anilines is 1. The van der Waals surface area contributed by atoms with Crippen molar-refractivity contribution in [3.63, 3.8) is 0 Å². The molecule has 0 spiro atoms. The molecule has 0 atom stereocenters. The molecule has 0 saturated carbocycles. The van der Waals surface area contributed by atoms with E-state index in [1.165, 1.54) is 14.2 Å². The molecular weight excluding hydrogens is 288 g/mol. The molecule has 1 aromatic carbocycles. The zero-order valence-electron chi connectivity index (χ0n) is 13.5. The summed E-state index contributed by atoms with van der Waals surface area (Å²) >= 11 is 0. The molecule has 0 aliphatic rings. The highest BCUT2D eigenvalue weighted by molar-refractivity contribution is 6.00. The third kappa shape index (κ3) is 4.51. The molecular formula is C15H24N2O5. The van der Waals surface area contributed by atoms with E-state index in [4.69, 9.17) is 24.7 Å². The quantitative estimate of drug-likeness (QED) is 0.686. The van der Waals surface area contributed by atoms with Crippen molar-refractivity contribution < 1.29 is 23.7 Å². The van der Waals surface area contributed by atoms with E-state index in [2.05, 4.69) is 0 Å². The average Bonchev–Trinajstić information content (AvgIpc) is 2.54. The maximum atomic E-state index is 12.7. The van der Waals surface area contributed by atoms with E-state index in [9.17, 15) is 4.79 Å². The van der Waals surface area contributed by atoms with Gasteiger partial charge >= 0.3 is 0 Å². The summed E-state index contributed by atoms with van der Waals surface area (Å²) in [4.78, 5) is 14.3. The van der Waals surface area contributed by atoms with Gasteiger partial charge < -0.3 is 29.6 Å². The molecule has 1 rings (SSSR count). The van der Waals surface area contributed by atoms with Crippen LogP contribution in [0.5, 0.6) is 11.5 Å². The van der Waals surface area contributed by atoms with Gasteiger partial charge in [0.15, 0.2) is 11.5 Å². The summed E-state index contributed by atoms with van der Waals surface area (Å²) in [6.07, 6.45) is 0. The summed E-state index contributed by atoms with van der Waals surface area (Å²) in [5.74, 6) is 0.739. The number of methoxy groups -OCH3 is 4. The Morgan fingerprint density at radius 2 is 1.50 bits per heavy atom. The largest absolute Gasteiger partial charge is 0.493 e. The third-order valence-electron chi connectivity index (χ3n) is 3.20. The van der Waals surface area contributed by atoms with Gasteiger partial charge in [0.25, 0.3) is 5.91 Å². The van der Waals surface area contributed by atoms with E-state index in [0.29, 0.717) is 49.1 Å². The van der Waals surface area contributed by atoms with Crippen LogP contribution in [0.25, 0.3) is 0 Å². The SMILES string of the molecule is COCCN(CCOC)C(=O)c1cc(OC)c(OC)cc1N. The first kappa shape index (κ1) is 18.1. The van der Waals surface area contributed by atoms with Gasteiger partial charge in [-0.25, -0.2) is 0 Å². The Morgan fingerprint density at radius 1 is 1.00 bits per heavy atom. The molecule has 0 unspecified atom stereocenters. The minimum absolute atomic E-state index is 0.201. The van der Waals surface area contributed by atoms with Crippen LogP contribution in [0.4, 0.5) is 5.69 Å². The first-order valence-corrected chi connectivity index (χ1v) is 6.87. The number of amides is 1. The fourth-order valence-corrected chi connectivity index (χ4v) is 1.97. The Bertz CT molecular complexity index is 485. The fourth-order valence-electron chi connectivity index (χ4n) is 1.97. The van der Waals surface area contributed by atoms with Crippen LogP contribution >= 0.6 is 0 Å². The van der Waals surface area contributed by atoms with Crippen molar-refractivity contribution in [3.8, 4) is 11.5 Å². The number of nitrogens with zero attached hydrogens (tertiary/aromatic N) is 1. The highest BCUT2D eigenvalue weighted by Crippen LogP contribution is 2.32. The smallest absolute Gasteiger partial charge is 0.256 e. The van der Waals surface area contributed by atoms with Crippen LogP contribution in [-0.2, 0) is 9.47 Å². The van der Waals surface area contributed by atoms with Crippen molar-refractivity contribution in [1.29, 1.82) is 0 Å². The third-order valence-corrected chi connectivity index (χ3v) is 3.20. The lowest BCUT2D eigenvalue weighted by atomic mass is 10.1. The fraction of sp³-hybridized carbons (Fsp3) is 0.533. The minimum Gasteiger partial charge on any atom is -0.493 e. The molecule has 124 valence electrons. The zero-order chi connectivity index (χ0) is 16.5. The first-order chi connectivity index (χ1) is 10.6. The number of carbonyl (C=O) groups excluding carboxylic acids is 1. The second-order valence-electron chi connectivity index (χ2n) is 4.57. The molecule has 0 aliphatic heterocycles. The molecule has 22 heavy (non-hydrogen) atoms. The topological polar surface area (TPSA) is 83.2 Å². The Labute approximate surface area is 130 Å². The highest BCUT2D eigenvalue weighted by Gasteiger charge is 2.20. The van der Waals surface area contributed by atoms with Crippen LogP contribution in [0.2, 0.25) is 0 Å². The Morgan fingerprint density at radius 3 is 1.95 bits per heavy atom. The molecule has 0 fully saturated rings. The summed E-state index contributed by atoms with van der Waals surface area (Å²) in [6, 6.07) is 3.17. The molecule has 0 radical (unpaired) electrons. The molecule has 1 amide bonds. The maximum Gasteiger partial charge on any atom is 0.256 e. The van der Waals surface area contributed by atoms with Gasteiger partial charge in [0.1, 0.15) is 0 Å². The molecule has 0 aliphatic carbocycles. The molecule has 1 aromatic rings. The van der Waals surface area contributed by atoms with E-state index in [1.807, 2.05) is 0 Å². The summed E-state index contributed by atoms with van der Waals surface area (Å²) in [5, 5.41) is 0. The standard InChI is InChI=1S/C15H24N2O5/c1-19-7-5-17(6-8-20-2)15(18)11-9-13(21-3)14(22-4)10-12(11)16/h9-10H,5-8,16H2,1-4H3. The van der Waals surface area contributed by atoms with E-state index in [0.717, 1.165) is 0 Å². The average molecular weight is 312 g/mol. The lowest BCUT2D eigenvalue weighted by molar-refractivity contribution is 0.0628. The van der Waals surface area contributed by atoms with Crippen LogP contribution in [0, 0.1) is 0 Å². The molecule has 0 saturated heterocycles. The van der Waals surface area contributed by atoms with Gasteiger partial charge in [-0.3, -0.25) is 4.79 Å². The monoisotopic (exact) mass is 312 g/mol. The van der Waals surface area contributed by atoms with Crippen LogP contribution in [0.15, 0.2) is 12.1 Å². The number of hydrogen-bond acceptors (Lipinski definition) is 6. The van der Waals surface area contributed by atoms with Crippen LogP contribution < -0.4 is 15.2 Å². The van der Waals surface area contributed by atoms with Gasteiger partial charge in [-0.05, 0) is 6.07 Å². The lowest BCUT2D eigenvalue weighted by Crippen LogP contribution is -2.36. The number of nitrogens with two attached hydrogens (primary N) is 1. The first-order valence-electron chi connectivity index (χ1n) is 6.87. The minimum atomic E-state index is -0.201. The molecule has 7 nitrogen and oxygen atoms in total. The Kier molecular flexibility index (Phi) is 7.48. The predicted molar refractivity (Wildman–Crippen MR) is 83.6 cm³/mol. The summed E-state index contributed by atoms with van der Waals surface area (Å²) in [7, 11) is 6.20. The van der Waals surface area contributed by atoms with E-state index in [-0.39, 0.29) is 5.91 Å². The van der Waals surface area contributed by atoms with Gasteiger partial charge in [-0.1, -0.05) is 0 Å². The second-order valence-corrected chi connectivity index (χ2v) is 4.57. The van der Waals surface area contributed by atoms with Crippen molar-refractivity contribution in [2.24, 2.45) is 0 Å². The molecule has 0 heterocycles. The number of ether oxygens (including phenoxy) is 4. The van der Waals surface area contributed by atoms with Crippen LogP contribution in [0.1, 0.15) is 10.4 Å². The summed E-state index contributed by atoms with van der Waals surface area (Å²) < 4.78 is 20.5. The van der Waals surface area contributed by atoms with Crippen molar-refractivity contribution >= 4 is 11.6 Å². The van der Waals surface area contributed by atoms with Crippen LogP contribution in [0.3, 0.4) is 0 Å². The van der Waals surface area contributed by atoms with Gasteiger partial charge in [0.2, 0.25) is 0 Å². The van der Waals surface area contributed by atoms with E-state index in [1.54, 1.807) is 31.3 Å². The number of benzene rings is 1. The zero-order valence-corrected chi connectivity index (χ0v) is 13.5. The summed E-state index contributed by atoms with van der Waals surface area (Å²) in [5.41, 5.74) is 6.67. The van der Waals surface area contributed by atoms with Crippen LogP contribution in [-0.4, -0.2) is 65.5 Å². The number of nitrogen functional groups attached to an aromatic ring is 1. The summed E-state index contributed by atoms with van der Waals surface area (Å²) in [6.45, 7) is 1.77. The van der Waals surface area contributed by atoms with Crippen molar-refractivity contribution in [1.82, 2.24) is 4.90 Å². The van der Waals surface area contributed by atoms with Gasteiger partial charge in [0.05, 0.1) is 33.0 Å². The maximum absolute atomic E-state index is 12.7. The second kappa shape index (κ2) is 9.11. The number of rotatable bonds is 9. The van der Waals surface area contributed by atoms with Crippen molar-refractivity contribution in [2.45, 2.75) is 0 Å². The van der Waals surface area contributed by atoms with Gasteiger partial charge in [-0.2, -0.15) is 0 Å². The molecule has 0 bridgehead atoms. The van der Waals surface area contributed by atoms with Gasteiger partial charge in [0, 0.05) is 39.1 Å². The highest BCUT2D eigenvalue weighted by atomic mass is 16.5. The predicted octanol–water partition coefficient (Wildman–Crippen LogP) is 1.02. The number of carbonyl (C=O) groups is 1. The molecule has 7 heteroatoms. The van der Waals surface area contributed by atoms with Crippen molar-refractivity contribution in [2.75, 3.05) is 60.5 Å². The van der Waals surface area contributed by atoms with E-state index < -0.39 is 0 Å². The van der Waals surface area contributed by atoms with E-state index >= 15 is 0 Å². The Hall–Kier alpha value is -1.99. The normalized spacial score (nSPS) is 10.4. The Balaban J connectivity index is 3.06. The molecule has 2 N–H and O–H groups in total. The number of hydrogen-bond donors (Lipinski definition) is 1. The van der Waals surface area contributed by atoms with Crippen molar-refractivity contribution in [3.05, 3.63) is 17.7 Å². The molecule has 0 aromatic heterocycles.